The maximum absolute atomic E-state index is 5.95. The topological polar surface area (TPSA) is 21.3 Å². The molecule has 3 atom stereocenters. The van der Waals surface area contributed by atoms with Gasteiger partial charge in [0.25, 0.3) is 0 Å². The molecule has 2 rings (SSSR count). The minimum absolute atomic E-state index is 0.415. The quantitative estimate of drug-likeness (QED) is 0.594. The van der Waals surface area contributed by atoms with E-state index in [1.54, 1.807) is 0 Å². The summed E-state index contributed by atoms with van der Waals surface area (Å²) in [6, 6.07) is 0. The van der Waals surface area contributed by atoms with Gasteiger partial charge in [-0.1, -0.05) is 12.8 Å². The Morgan fingerprint density at radius 2 is 2.00 bits per heavy atom. The minimum Gasteiger partial charge on any atom is -0.374 e. The summed E-state index contributed by atoms with van der Waals surface area (Å²) in [5.74, 6) is 0.795. The van der Waals surface area contributed by atoms with Crippen molar-refractivity contribution >= 4 is 0 Å². The molecule has 1 N–H and O–H groups in total. The van der Waals surface area contributed by atoms with Crippen LogP contribution in [0.5, 0.6) is 0 Å². The molecule has 2 aliphatic rings. The predicted molar refractivity (Wildman–Crippen MR) is 49.2 cm³/mol. The van der Waals surface area contributed by atoms with E-state index >= 15 is 0 Å². The van der Waals surface area contributed by atoms with Crippen LogP contribution in [0.2, 0.25) is 0 Å². The smallest absolute Gasteiger partial charge is 0.0675 e. The molecule has 12 heavy (non-hydrogen) atoms. The van der Waals surface area contributed by atoms with E-state index in [0.29, 0.717) is 12.2 Å². The lowest BCUT2D eigenvalue weighted by Gasteiger charge is -2.30. The number of nitrogens with one attached hydrogen (secondary N) is 1. The minimum atomic E-state index is 0.415. The molecule has 2 heteroatoms. The molecule has 2 nitrogen and oxygen atoms in total. The normalized spacial score (nSPS) is 43.2. The van der Waals surface area contributed by atoms with Crippen molar-refractivity contribution in [1.29, 1.82) is 0 Å². The highest BCUT2D eigenvalue weighted by atomic mass is 16.5. The summed E-state index contributed by atoms with van der Waals surface area (Å²) in [5, 5.41) is 3.47. The highest BCUT2D eigenvalue weighted by Crippen LogP contribution is 2.28. The van der Waals surface area contributed by atoms with Gasteiger partial charge in [-0.3, -0.25) is 0 Å². The third-order valence-electron chi connectivity index (χ3n) is 3.08. The van der Waals surface area contributed by atoms with Gasteiger partial charge in [0.1, 0.15) is 0 Å². The maximum Gasteiger partial charge on any atom is 0.0675 e. The first kappa shape index (κ1) is 8.52. The number of hydrogen-bond acceptors (Lipinski definition) is 2. The van der Waals surface area contributed by atoms with Crippen molar-refractivity contribution in [3.05, 3.63) is 0 Å². The molecule has 1 saturated heterocycles. The highest BCUT2D eigenvalue weighted by molar-refractivity contribution is 4.81. The van der Waals surface area contributed by atoms with Crippen LogP contribution in [-0.2, 0) is 4.74 Å². The van der Waals surface area contributed by atoms with Crippen LogP contribution < -0.4 is 5.32 Å². The van der Waals surface area contributed by atoms with Crippen LogP contribution in [0.3, 0.4) is 0 Å². The third kappa shape index (κ3) is 1.80. The van der Waals surface area contributed by atoms with Gasteiger partial charge in [-0.25, -0.2) is 0 Å². The summed E-state index contributed by atoms with van der Waals surface area (Å²) >= 11 is 0. The largest absolute Gasteiger partial charge is 0.374 e. The lowest BCUT2D eigenvalue weighted by Crippen LogP contribution is -2.31. The van der Waals surface area contributed by atoms with Gasteiger partial charge in [-0.15, -0.1) is 0 Å². The molecule has 0 bridgehead atoms. The average molecular weight is 169 g/mol. The third-order valence-corrected chi connectivity index (χ3v) is 3.08. The molecule has 0 radical (unpaired) electrons. The summed E-state index contributed by atoms with van der Waals surface area (Å²) in [5.41, 5.74) is 0. The molecule has 0 amide bonds. The molecular weight excluding hydrogens is 150 g/mol. The van der Waals surface area contributed by atoms with E-state index in [-0.39, 0.29) is 0 Å². The molecule has 0 aromatic carbocycles. The van der Waals surface area contributed by atoms with Crippen LogP contribution in [0.1, 0.15) is 32.6 Å². The van der Waals surface area contributed by atoms with Crippen LogP contribution in [0.25, 0.3) is 0 Å². The summed E-state index contributed by atoms with van der Waals surface area (Å²) in [4.78, 5) is 0. The summed E-state index contributed by atoms with van der Waals surface area (Å²) in [6.07, 6.45) is 6.40. The lowest BCUT2D eigenvalue weighted by molar-refractivity contribution is -0.0335. The molecule has 1 heterocycles. The van der Waals surface area contributed by atoms with Crippen molar-refractivity contribution < 1.29 is 4.74 Å². The van der Waals surface area contributed by atoms with Crippen molar-refractivity contribution in [1.82, 2.24) is 5.32 Å². The Balaban J connectivity index is 1.96. The Bertz CT molecular complexity index is 149. The van der Waals surface area contributed by atoms with Crippen LogP contribution in [0.4, 0.5) is 0 Å². The average Bonchev–Trinajstić information content (AvgIpc) is 2.25. The molecule has 0 spiro atoms. The first-order valence-corrected chi connectivity index (χ1v) is 5.22. The van der Waals surface area contributed by atoms with Gasteiger partial charge in [0.2, 0.25) is 0 Å². The second-order valence-corrected chi connectivity index (χ2v) is 4.19. The molecule has 1 aliphatic carbocycles. The molecular formula is C10H19NO. The van der Waals surface area contributed by atoms with Crippen LogP contribution in [0, 0.1) is 5.92 Å². The Kier molecular flexibility index (Phi) is 2.66. The number of hydrogen-bond donors (Lipinski definition) is 1. The van der Waals surface area contributed by atoms with E-state index in [1.165, 1.54) is 32.2 Å². The summed E-state index contributed by atoms with van der Waals surface area (Å²) in [7, 11) is 0. The fourth-order valence-electron chi connectivity index (χ4n) is 2.40. The van der Waals surface area contributed by atoms with Crippen LogP contribution in [-0.4, -0.2) is 25.3 Å². The van der Waals surface area contributed by atoms with Gasteiger partial charge >= 0.3 is 0 Å². The molecule has 1 unspecified atom stereocenters. The number of fused-ring (bicyclic) bond motifs is 1. The summed E-state index contributed by atoms with van der Waals surface area (Å²) in [6.45, 7) is 4.38. The van der Waals surface area contributed by atoms with Crippen molar-refractivity contribution in [3.8, 4) is 0 Å². The number of ether oxygens (including phenoxy) is 1. The second-order valence-electron chi connectivity index (χ2n) is 4.19. The van der Waals surface area contributed by atoms with Crippen molar-refractivity contribution in [2.45, 2.75) is 44.8 Å². The second kappa shape index (κ2) is 3.75. The summed E-state index contributed by atoms with van der Waals surface area (Å²) < 4.78 is 5.95. The Hall–Kier alpha value is -0.0800. The Labute approximate surface area is 74.7 Å². The van der Waals surface area contributed by atoms with Crippen molar-refractivity contribution in [2.24, 2.45) is 5.92 Å². The fraction of sp³-hybridized carbons (Fsp3) is 1.00. The zero-order chi connectivity index (χ0) is 8.39. The molecule has 1 aliphatic heterocycles. The fourth-order valence-corrected chi connectivity index (χ4v) is 2.40. The van der Waals surface area contributed by atoms with Crippen molar-refractivity contribution in [3.63, 3.8) is 0 Å². The monoisotopic (exact) mass is 169 g/mol. The molecule has 0 aromatic heterocycles. The first-order chi connectivity index (χ1) is 5.86. The van der Waals surface area contributed by atoms with Gasteiger partial charge in [-0.05, 0) is 25.7 Å². The SMILES string of the molecule is CC1CNC[C@H]2CCCC[C@@H]2O1. The van der Waals surface area contributed by atoms with E-state index in [1.807, 2.05) is 0 Å². The molecule has 0 aromatic rings. The van der Waals surface area contributed by atoms with Gasteiger partial charge < -0.3 is 10.1 Å². The van der Waals surface area contributed by atoms with Gasteiger partial charge in [0.05, 0.1) is 12.2 Å². The van der Waals surface area contributed by atoms with E-state index < -0.39 is 0 Å². The molecule has 70 valence electrons. The van der Waals surface area contributed by atoms with E-state index in [9.17, 15) is 0 Å². The van der Waals surface area contributed by atoms with Crippen molar-refractivity contribution in [2.75, 3.05) is 13.1 Å². The van der Waals surface area contributed by atoms with Crippen LogP contribution >= 0.6 is 0 Å². The van der Waals surface area contributed by atoms with Gasteiger partial charge in [-0.2, -0.15) is 0 Å². The van der Waals surface area contributed by atoms with E-state index in [2.05, 4.69) is 12.2 Å². The standard InChI is InChI=1S/C10H19NO/c1-8-6-11-7-9-4-2-3-5-10(9)12-8/h8-11H,2-7H2,1H3/t8?,9-,10+/m1/s1. The maximum atomic E-state index is 5.95. The molecule has 2 fully saturated rings. The van der Waals surface area contributed by atoms with E-state index in [4.69, 9.17) is 4.74 Å². The predicted octanol–water partition coefficient (Wildman–Crippen LogP) is 1.55. The zero-order valence-electron chi connectivity index (χ0n) is 7.88. The zero-order valence-corrected chi connectivity index (χ0v) is 7.88. The van der Waals surface area contributed by atoms with E-state index in [0.717, 1.165) is 12.5 Å². The molecule has 1 saturated carbocycles. The Morgan fingerprint density at radius 1 is 1.17 bits per heavy atom. The number of rotatable bonds is 0. The first-order valence-electron chi connectivity index (χ1n) is 5.22. The van der Waals surface area contributed by atoms with Gasteiger partial charge in [0.15, 0.2) is 0 Å². The lowest BCUT2D eigenvalue weighted by atomic mass is 9.86. The van der Waals surface area contributed by atoms with Crippen LogP contribution in [0.15, 0.2) is 0 Å². The highest BCUT2D eigenvalue weighted by Gasteiger charge is 2.29. The van der Waals surface area contributed by atoms with Gasteiger partial charge in [0, 0.05) is 13.1 Å². The Morgan fingerprint density at radius 3 is 2.92 bits per heavy atom.